The Kier molecular flexibility index (Phi) is 2.25. The highest BCUT2D eigenvalue weighted by Crippen LogP contribution is 2.39. The summed E-state index contributed by atoms with van der Waals surface area (Å²) in [5.41, 5.74) is 1.84. The highest BCUT2D eigenvalue weighted by molar-refractivity contribution is 7.21. The zero-order valence-corrected chi connectivity index (χ0v) is 11.0. The number of amides is 1. The normalized spacial score (nSPS) is 14.3. The maximum absolute atomic E-state index is 12.0. The van der Waals surface area contributed by atoms with Crippen LogP contribution in [0.3, 0.4) is 0 Å². The van der Waals surface area contributed by atoms with Crippen LogP contribution in [-0.2, 0) is 0 Å². The van der Waals surface area contributed by atoms with E-state index in [2.05, 4.69) is 20.3 Å². The fraction of sp³-hybridized carbons (Fsp3) is 0.0769. The van der Waals surface area contributed by atoms with Gasteiger partial charge in [-0.15, -0.1) is 11.3 Å². The van der Waals surface area contributed by atoms with Gasteiger partial charge in [-0.3, -0.25) is 9.59 Å². The van der Waals surface area contributed by atoms with Crippen molar-refractivity contribution in [2.45, 2.75) is 0 Å². The summed E-state index contributed by atoms with van der Waals surface area (Å²) in [6.45, 7) is 0.490. The Bertz CT molecular complexity index is 954. The minimum Gasteiger partial charge on any atom is -0.378 e. The third kappa shape index (κ3) is 1.50. The minimum atomic E-state index is -0.247. The molecule has 0 spiro atoms. The number of nitrogens with zero attached hydrogens (tertiary/aromatic N) is 2. The van der Waals surface area contributed by atoms with Gasteiger partial charge in [0.15, 0.2) is 0 Å². The number of aromatic nitrogens is 2. The largest absolute Gasteiger partial charge is 0.378 e. The number of thiophene rings is 1. The molecule has 0 saturated heterocycles. The predicted octanol–water partition coefficient (Wildman–Crippen LogP) is 1.77. The first kappa shape index (κ1) is 11.3. The van der Waals surface area contributed by atoms with E-state index in [1.165, 1.54) is 17.5 Å². The first-order valence-corrected chi connectivity index (χ1v) is 6.81. The SMILES string of the molecule is O=C1N=CCNc2c1sc1ccc3[nH]c(=O)cnc3c21. The number of anilines is 1. The second kappa shape index (κ2) is 3.97. The van der Waals surface area contributed by atoms with Crippen LogP contribution < -0.4 is 10.9 Å². The smallest absolute Gasteiger partial charge is 0.288 e. The maximum Gasteiger partial charge on any atom is 0.288 e. The van der Waals surface area contributed by atoms with Gasteiger partial charge in [0.2, 0.25) is 0 Å². The molecule has 4 rings (SSSR count). The number of hydrogen-bond donors (Lipinski definition) is 2. The van der Waals surface area contributed by atoms with Crippen LogP contribution in [0.5, 0.6) is 0 Å². The average Bonchev–Trinajstić information content (AvgIpc) is 2.73. The van der Waals surface area contributed by atoms with Gasteiger partial charge in [0.1, 0.15) is 4.88 Å². The number of aliphatic imine (C=N–C) groups is 1. The van der Waals surface area contributed by atoms with Crippen LogP contribution in [-0.4, -0.2) is 28.6 Å². The van der Waals surface area contributed by atoms with Crippen molar-refractivity contribution >= 4 is 50.3 Å². The van der Waals surface area contributed by atoms with E-state index >= 15 is 0 Å². The molecule has 0 saturated carbocycles. The van der Waals surface area contributed by atoms with Crippen molar-refractivity contribution in [1.82, 2.24) is 9.97 Å². The Labute approximate surface area is 116 Å². The molecule has 0 bridgehead atoms. The van der Waals surface area contributed by atoms with Crippen molar-refractivity contribution in [3.63, 3.8) is 0 Å². The molecule has 0 atom stereocenters. The summed E-state index contributed by atoms with van der Waals surface area (Å²) >= 11 is 1.38. The summed E-state index contributed by atoms with van der Waals surface area (Å²) in [6.07, 6.45) is 2.81. The summed E-state index contributed by atoms with van der Waals surface area (Å²) in [5, 5.41) is 4.05. The third-order valence-corrected chi connectivity index (χ3v) is 4.31. The molecule has 2 N–H and O–H groups in total. The molecule has 0 fully saturated rings. The third-order valence-electron chi connectivity index (χ3n) is 3.17. The van der Waals surface area contributed by atoms with E-state index in [9.17, 15) is 9.59 Å². The van der Waals surface area contributed by atoms with Crippen LogP contribution in [0, 0.1) is 0 Å². The molecule has 3 heterocycles. The molecule has 1 aliphatic rings. The molecule has 2 aromatic heterocycles. The average molecular weight is 284 g/mol. The molecule has 6 nitrogen and oxygen atoms in total. The van der Waals surface area contributed by atoms with Gasteiger partial charge < -0.3 is 10.3 Å². The predicted molar refractivity (Wildman–Crippen MR) is 79.1 cm³/mol. The number of aromatic amines is 1. The number of benzene rings is 1. The van der Waals surface area contributed by atoms with Crippen molar-refractivity contribution in [3.05, 3.63) is 33.6 Å². The van der Waals surface area contributed by atoms with Crippen molar-refractivity contribution < 1.29 is 4.79 Å². The van der Waals surface area contributed by atoms with Crippen LogP contribution >= 0.6 is 11.3 Å². The first-order valence-electron chi connectivity index (χ1n) is 5.99. The zero-order chi connectivity index (χ0) is 13.7. The molecule has 0 aliphatic carbocycles. The lowest BCUT2D eigenvalue weighted by Gasteiger charge is -2.03. The van der Waals surface area contributed by atoms with E-state index in [4.69, 9.17) is 0 Å². The lowest BCUT2D eigenvalue weighted by molar-refractivity contribution is 0.101. The fourth-order valence-corrected chi connectivity index (χ4v) is 3.42. The van der Waals surface area contributed by atoms with Gasteiger partial charge in [0.25, 0.3) is 11.5 Å². The summed E-state index contributed by atoms with van der Waals surface area (Å²) in [5.74, 6) is -0.247. The zero-order valence-electron chi connectivity index (χ0n) is 10.1. The number of fused-ring (bicyclic) bond motifs is 5. The van der Waals surface area contributed by atoms with E-state index in [0.717, 1.165) is 15.8 Å². The molecule has 1 aliphatic heterocycles. The molecule has 20 heavy (non-hydrogen) atoms. The van der Waals surface area contributed by atoms with Gasteiger partial charge in [-0.25, -0.2) is 9.98 Å². The Morgan fingerprint density at radius 2 is 2.15 bits per heavy atom. The summed E-state index contributed by atoms with van der Waals surface area (Å²) in [7, 11) is 0. The Hall–Kier alpha value is -2.54. The van der Waals surface area contributed by atoms with Gasteiger partial charge in [-0.05, 0) is 12.1 Å². The van der Waals surface area contributed by atoms with Crippen LogP contribution in [0.2, 0.25) is 0 Å². The molecular formula is C13H8N4O2S. The summed E-state index contributed by atoms with van der Waals surface area (Å²) in [4.78, 5) is 34.7. The number of carbonyl (C=O) groups is 1. The molecule has 98 valence electrons. The quantitative estimate of drug-likeness (QED) is 0.658. The van der Waals surface area contributed by atoms with Crippen LogP contribution in [0.1, 0.15) is 9.67 Å². The van der Waals surface area contributed by atoms with Gasteiger partial charge in [-0.1, -0.05) is 0 Å². The molecule has 3 aromatic rings. The lowest BCUT2D eigenvalue weighted by atomic mass is 10.1. The first-order chi connectivity index (χ1) is 9.74. The molecular weight excluding hydrogens is 276 g/mol. The number of hydrogen-bond acceptors (Lipinski definition) is 5. The van der Waals surface area contributed by atoms with Crippen molar-refractivity contribution in [1.29, 1.82) is 0 Å². The minimum absolute atomic E-state index is 0.245. The number of H-pyrrole nitrogens is 1. The second-order valence-corrected chi connectivity index (χ2v) is 5.44. The topological polar surface area (TPSA) is 87.2 Å². The standard InChI is InChI=1S/C13H8N4O2S/c18-8-5-16-10-6(17-8)1-2-7-9(10)11-12(20-7)13(19)15-4-3-14-11/h1-2,4-5,14H,3H2,(H,17,18). The number of carbonyl (C=O) groups excluding carboxylic acids is 1. The van der Waals surface area contributed by atoms with Crippen LogP contribution in [0.25, 0.3) is 21.1 Å². The van der Waals surface area contributed by atoms with Crippen molar-refractivity contribution in [3.8, 4) is 0 Å². The Balaban J connectivity index is 2.18. The molecule has 0 unspecified atom stereocenters. The molecule has 1 aromatic carbocycles. The monoisotopic (exact) mass is 284 g/mol. The van der Waals surface area contributed by atoms with Crippen molar-refractivity contribution in [2.24, 2.45) is 4.99 Å². The van der Waals surface area contributed by atoms with E-state index in [-0.39, 0.29) is 11.5 Å². The van der Waals surface area contributed by atoms with Gasteiger partial charge in [-0.2, -0.15) is 0 Å². The van der Waals surface area contributed by atoms with E-state index in [1.54, 1.807) is 12.3 Å². The molecule has 1 amide bonds. The van der Waals surface area contributed by atoms with Crippen molar-refractivity contribution in [2.75, 3.05) is 11.9 Å². The highest BCUT2D eigenvalue weighted by Gasteiger charge is 2.21. The lowest BCUT2D eigenvalue weighted by Crippen LogP contribution is -2.05. The van der Waals surface area contributed by atoms with Crippen LogP contribution in [0.4, 0.5) is 5.69 Å². The Morgan fingerprint density at radius 1 is 1.25 bits per heavy atom. The maximum atomic E-state index is 12.0. The number of rotatable bonds is 0. The molecule has 7 heteroatoms. The van der Waals surface area contributed by atoms with Gasteiger partial charge in [0, 0.05) is 16.3 Å². The van der Waals surface area contributed by atoms with E-state index in [1.807, 2.05) is 6.07 Å². The van der Waals surface area contributed by atoms with Gasteiger partial charge >= 0.3 is 0 Å². The summed E-state index contributed by atoms with van der Waals surface area (Å²) in [6, 6.07) is 3.68. The Morgan fingerprint density at radius 3 is 3.05 bits per heavy atom. The fourth-order valence-electron chi connectivity index (χ4n) is 2.35. The molecule has 0 radical (unpaired) electrons. The highest BCUT2D eigenvalue weighted by atomic mass is 32.1. The van der Waals surface area contributed by atoms with E-state index < -0.39 is 0 Å². The number of nitrogens with one attached hydrogen (secondary N) is 2. The van der Waals surface area contributed by atoms with Crippen LogP contribution in [0.15, 0.2) is 28.1 Å². The summed E-state index contributed by atoms with van der Waals surface area (Å²) < 4.78 is 0.944. The second-order valence-electron chi connectivity index (χ2n) is 4.39. The van der Waals surface area contributed by atoms with Gasteiger partial charge in [0.05, 0.1) is 29.5 Å². The van der Waals surface area contributed by atoms with E-state index in [0.29, 0.717) is 22.5 Å².